The minimum Gasteiger partial charge on any atom is -0.0928 e. The minimum absolute atomic E-state index is 0.873. The van der Waals surface area contributed by atoms with Crippen molar-refractivity contribution in [1.82, 2.24) is 0 Å². The van der Waals surface area contributed by atoms with Crippen LogP contribution in [0.3, 0.4) is 0 Å². The maximum absolute atomic E-state index is 3.45. The van der Waals surface area contributed by atoms with Gasteiger partial charge < -0.3 is 0 Å². The highest BCUT2D eigenvalue weighted by Gasteiger charge is 2.05. The number of hydrogen-bond donors (Lipinski definition) is 0. The molecule has 0 radical (unpaired) electrons. The number of alkyl halides is 1. The summed E-state index contributed by atoms with van der Waals surface area (Å²) in [5, 5.41) is 1.15. The van der Waals surface area contributed by atoms with Gasteiger partial charge >= 0.3 is 0 Å². The Morgan fingerprint density at radius 1 is 1.56 bits per heavy atom. The highest BCUT2D eigenvalue weighted by atomic mass is 79.9. The van der Waals surface area contributed by atoms with Crippen molar-refractivity contribution in [2.24, 2.45) is 5.92 Å². The van der Waals surface area contributed by atoms with E-state index in [0.29, 0.717) is 0 Å². The first-order valence-corrected chi connectivity index (χ1v) is 4.78. The third-order valence-corrected chi connectivity index (χ3v) is 2.29. The van der Waals surface area contributed by atoms with Crippen LogP contribution in [0, 0.1) is 5.92 Å². The first-order valence-electron chi connectivity index (χ1n) is 3.66. The molecule has 9 heavy (non-hydrogen) atoms. The van der Waals surface area contributed by atoms with Gasteiger partial charge in [-0.2, -0.15) is 0 Å². The molecule has 0 amide bonds. The van der Waals surface area contributed by atoms with E-state index < -0.39 is 0 Å². The molecule has 52 valence electrons. The molecule has 1 heteroatoms. The molecule has 1 atom stereocenters. The molecule has 0 heterocycles. The summed E-state index contributed by atoms with van der Waals surface area (Å²) in [6, 6.07) is 0. The lowest BCUT2D eigenvalue weighted by atomic mass is 9.94. The number of halogens is 1. The normalized spacial score (nSPS) is 26.6. The fourth-order valence-electron chi connectivity index (χ4n) is 1.26. The number of hydrogen-bond acceptors (Lipinski definition) is 0. The summed E-state index contributed by atoms with van der Waals surface area (Å²) < 4.78 is 0. The molecular formula is C8H13Br. The van der Waals surface area contributed by atoms with Crippen molar-refractivity contribution in [2.75, 3.05) is 5.33 Å². The smallest absolute Gasteiger partial charge is 0.00369 e. The van der Waals surface area contributed by atoms with Crippen molar-refractivity contribution in [3.8, 4) is 0 Å². The van der Waals surface area contributed by atoms with Crippen LogP contribution in [-0.2, 0) is 0 Å². The highest BCUT2D eigenvalue weighted by Crippen LogP contribution is 2.20. The number of rotatable bonds is 2. The van der Waals surface area contributed by atoms with Gasteiger partial charge in [-0.25, -0.2) is 0 Å². The van der Waals surface area contributed by atoms with Crippen LogP contribution in [0.25, 0.3) is 0 Å². The van der Waals surface area contributed by atoms with Crippen LogP contribution >= 0.6 is 15.9 Å². The van der Waals surface area contributed by atoms with Gasteiger partial charge in [0.15, 0.2) is 0 Å². The van der Waals surface area contributed by atoms with Crippen molar-refractivity contribution >= 4 is 15.9 Å². The Bertz CT molecular complexity index is 96.7. The van der Waals surface area contributed by atoms with E-state index >= 15 is 0 Å². The van der Waals surface area contributed by atoms with E-state index in [1.165, 1.54) is 25.7 Å². The van der Waals surface area contributed by atoms with Crippen LogP contribution < -0.4 is 0 Å². The van der Waals surface area contributed by atoms with E-state index in [4.69, 9.17) is 0 Å². The Kier molecular flexibility index (Phi) is 3.34. The van der Waals surface area contributed by atoms with E-state index in [9.17, 15) is 0 Å². The lowest BCUT2D eigenvalue weighted by Crippen LogP contribution is -2.00. The third-order valence-electron chi connectivity index (χ3n) is 1.83. The third kappa shape index (κ3) is 2.53. The topological polar surface area (TPSA) is 0 Å². The molecule has 0 N–H and O–H groups in total. The Balaban J connectivity index is 2.23. The predicted octanol–water partition coefficient (Wildman–Crippen LogP) is 3.13. The quantitative estimate of drug-likeness (QED) is 0.462. The van der Waals surface area contributed by atoms with Crippen LogP contribution in [0.15, 0.2) is 12.2 Å². The summed E-state index contributed by atoms with van der Waals surface area (Å²) in [7, 11) is 0. The van der Waals surface area contributed by atoms with Gasteiger partial charge in [-0.05, 0) is 31.6 Å². The van der Waals surface area contributed by atoms with E-state index in [1.54, 1.807) is 0 Å². The molecule has 1 aliphatic rings. The first-order chi connectivity index (χ1) is 4.43. The molecule has 0 aliphatic heterocycles. The summed E-state index contributed by atoms with van der Waals surface area (Å²) in [5.74, 6) is 0.873. The Labute approximate surface area is 65.5 Å². The summed E-state index contributed by atoms with van der Waals surface area (Å²) >= 11 is 3.45. The molecule has 0 nitrogen and oxygen atoms in total. The van der Waals surface area contributed by atoms with Gasteiger partial charge in [-0.15, -0.1) is 0 Å². The fourth-order valence-corrected chi connectivity index (χ4v) is 1.85. The molecule has 0 saturated heterocycles. The zero-order valence-electron chi connectivity index (χ0n) is 5.65. The number of allylic oxidation sites excluding steroid dienone is 2. The van der Waals surface area contributed by atoms with E-state index in [1.807, 2.05) is 0 Å². The van der Waals surface area contributed by atoms with E-state index in [2.05, 4.69) is 28.1 Å². The van der Waals surface area contributed by atoms with E-state index in [-0.39, 0.29) is 0 Å². The van der Waals surface area contributed by atoms with Gasteiger partial charge in [-0.3, -0.25) is 0 Å². The molecule has 0 fully saturated rings. The van der Waals surface area contributed by atoms with Crippen LogP contribution in [0.1, 0.15) is 25.7 Å². The van der Waals surface area contributed by atoms with Gasteiger partial charge in [0.1, 0.15) is 0 Å². The maximum Gasteiger partial charge on any atom is 0.00369 e. The zero-order valence-corrected chi connectivity index (χ0v) is 7.23. The monoisotopic (exact) mass is 188 g/mol. The fraction of sp³-hybridized carbons (Fsp3) is 0.750. The Morgan fingerprint density at radius 2 is 2.44 bits per heavy atom. The van der Waals surface area contributed by atoms with E-state index in [0.717, 1.165) is 11.2 Å². The van der Waals surface area contributed by atoms with Crippen LogP contribution in [0.2, 0.25) is 0 Å². The maximum atomic E-state index is 3.45. The molecule has 0 aromatic carbocycles. The average molecular weight is 189 g/mol. The summed E-state index contributed by atoms with van der Waals surface area (Å²) in [6.45, 7) is 0. The molecular weight excluding hydrogens is 176 g/mol. The van der Waals surface area contributed by atoms with Crippen LogP contribution in [0.4, 0.5) is 0 Å². The molecule has 0 bridgehead atoms. The Hall–Kier alpha value is 0.220. The molecule has 1 rings (SSSR count). The van der Waals surface area contributed by atoms with Crippen molar-refractivity contribution < 1.29 is 0 Å². The van der Waals surface area contributed by atoms with Crippen molar-refractivity contribution in [2.45, 2.75) is 25.7 Å². The molecule has 0 spiro atoms. The first kappa shape index (κ1) is 7.33. The summed E-state index contributed by atoms with van der Waals surface area (Å²) in [4.78, 5) is 0. The van der Waals surface area contributed by atoms with Gasteiger partial charge in [0, 0.05) is 5.33 Å². The van der Waals surface area contributed by atoms with Crippen LogP contribution in [-0.4, -0.2) is 5.33 Å². The largest absolute Gasteiger partial charge is 0.0928 e. The molecule has 0 saturated carbocycles. The van der Waals surface area contributed by atoms with Crippen LogP contribution in [0.5, 0.6) is 0 Å². The Morgan fingerprint density at radius 3 is 3.00 bits per heavy atom. The SMILES string of the molecule is BrCCC1C=CCCC1. The second-order valence-corrected chi connectivity index (χ2v) is 3.39. The second-order valence-electron chi connectivity index (χ2n) is 2.60. The molecule has 0 aromatic rings. The molecule has 0 aromatic heterocycles. The second kappa shape index (κ2) is 4.10. The predicted molar refractivity (Wildman–Crippen MR) is 44.9 cm³/mol. The minimum atomic E-state index is 0.873. The molecule has 1 aliphatic carbocycles. The highest BCUT2D eigenvalue weighted by molar-refractivity contribution is 9.09. The van der Waals surface area contributed by atoms with Crippen molar-refractivity contribution in [3.05, 3.63) is 12.2 Å². The van der Waals surface area contributed by atoms with Crippen molar-refractivity contribution in [3.63, 3.8) is 0 Å². The van der Waals surface area contributed by atoms with Gasteiger partial charge in [-0.1, -0.05) is 28.1 Å². The standard InChI is InChI=1S/C8H13Br/c9-7-6-8-4-2-1-3-5-8/h2,4,8H,1,3,5-7H2. The van der Waals surface area contributed by atoms with Gasteiger partial charge in [0.2, 0.25) is 0 Å². The lowest BCUT2D eigenvalue weighted by Gasteiger charge is -2.13. The summed E-state index contributed by atoms with van der Waals surface area (Å²) in [6.07, 6.45) is 10.1. The lowest BCUT2D eigenvalue weighted by molar-refractivity contribution is 0.531. The average Bonchev–Trinajstić information content (AvgIpc) is 1.91. The zero-order chi connectivity index (χ0) is 6.53. The van der Waals surface area contributed by atoms with Gasteiger partial charge in [0.25, 0.3) is 0 Å². The summed E-state index contributed by atoms with van der Waals surface area (Å²) in [5.41, 5.74) is 0. The van der Waals surface area contributed by atoms with Crippen molar-refractivity contribution in [1.29, 1.82) is 0 Å². The molecule has 1 unspecified atom stereocenters. The van der Waals surface area contributed by atoms with Gasteiger partial charge in [0.05, 0.1) is 0 Å².